The number of ether oxygens (including phenoxy) is 1. The van der Waals surface area contributed by atoms with Crippen molar-refractivity contribution in [3.8, 4) is 17.0 Å². The van der Waals surface area contributed by atoms with E-state index in [1.807, 2.05) is 12.1 Å². The lowest BCUT2D eigenvalue weighted by Gasteiger charge is -2.08. The SMILES string of the molecule is FC(F)(F)Oc1ccc(-c2ccc[nH]2)cc1. The number of aromatic nitrogens is 1. The van der Waals surface area contributed by atoms with Crippen LogP contribution >= 0.6 is 0 Å². The molecule has 0 bridgehead atoms. The summed E-state index contributed by atoms with van der Waals surface area (Å²) in [5.74, 6) is -0.220. The Bertz CT molecular complexity index is 445. The van der Waals surface area contributed by atoms with E-state index >= 15 is 0 Å². The number of nitrogens with one attached hydrogen (secondary N) is 1. The Morgan fingerprint density at radius 3 is 2.19 bits per heavy atom. The summed E-state index contributed by atoms with van der Waals surface area (Å²) in [7, 11) is 0. The molecule has 1 N–H and O–H groups in total. The zero-order valence-electron chi connectivity index (χ0n) is 8.08. The van der Waals surface area contributed by atoms with E-state index in [4.69, 9.17) is 0 Å². The standard InChI is InChI=1S/C11H8F3NO/c12-11(13,14)16-9-5-3-8(4-6-9)10-2-1-7-15-10/h1-7,15H. The molecule has 0 amide bonds. The zero-order valence-corrected chi connectivity index (χ0v) is 8.08. The molecule has 0 saturated carbocycles. The van der Waals surface area contributed by atoms with Crippen LogP contribution in [0, 0.1) is 0 Å². The van der Waals surface area contributed by atoms with Crippen LogP contribution in [0.5, 0.6) is 5.75 Å². The van der Waals surface area contributed by atoms with Gasteiger partial charge in [0.1, 0.15) is 5.75 Å². The van der Waals surface area contributed by atoms with Crippen LogP contribution in [0.3, 0.4) is 0 Å². The lowest BCUT2D eigenvalue weighted by molar-refractivity contribution is -0.274. The van der Waals surface area contributed by atoms with Crippen molar-refractivity contribution in [3.05, 3.63) is 42.6 Å². The van der Waals surface area contributed by atoms with Gasteiger partial charge in [0, 0.05) is 11.9 Å². The normalized spacial score (nSPS) is 11.4. The number of alkyl halides is 3. The van der Waals surface area contributed by atoms with Gasteiger partial charge >= 0.3 is 6.36 Å². The van der Waals surface area contributed by atoms with Crippen LogP contribution in [0.15, 0.2) is 42.6 Å². The first kappa shape index (κ1) is 10.6. The van der Waals surface area contributed by atoms with Crippen LogP contribution in [-0.4, -0.2) is 11.3 Å². The van der Waals surface area contributed by atoms with Gasteiger partial charge in [-0.2, -0.15) is 0 Å². The molecule has 2 nitrogen and oxygen atoms in total. The van der Waals surface area contributed by atoms with Gasteiger partial charge in [-0.15, -0.1) is 13.2 Å². The first-order chi connectivity index (χ1) is 7.54. The number of H-pyrrole nitrogens is 1. The third kappa shape index (κ3) is 2.56. The first-order valence-corrected chi connectivity index (χ1v) is 4.54. The summed E-state index contributed by atoms with van der Waals surface area (Å²) in [6, 6.07) is 9.34. The summed E-state index contributed by atoms with van der Waals surface area (Å²) in [6.45, 7) is 0. The van der Waals surface area contributed by atoms with Gasteiger partial charge < -0.3 is 9.72 Å². The lowest BCUT2D eigenvalue weighted by atomic mass is 10.1. The fraction of sp³-hybridized carbons (Fsp3) is 0.0909. The minimum absolute atomic E-state index is 0.220. The van der Waals surface area contributed by atoms with E-state index in [0.717, 1.165) is 11.3 Å². The third-order valence-corrected chi connectivity index (χ3v) is 2.00. The summed E-state index contributed by atoms with van der Waals surface area (Å²) in [5, 5.41) is 0. The molecule has 0 aliphatic rings. The largest absolute Gasteiger partial charge is 0.573 e. The molecule has 5 heteroatoms. The van der Waals surface area contributed by atoms with Crippen molar-refractivity contribution in [2.24, 2.45) is 0 Å². The van der Waals surface area contributed by atoms with Crippen molar-refractivity contribution in [3.63, 3.8) is 0 Å². The number of hydrogen-bond acceptors (Lipinski definition) is 1. The van der Waals surface area contributed by atoms with Crippen LogP contribution in [0.1, 0.15) is 0 Å². The maximum absolute atomic E-state index is 11.9. The smallest absolute Gasteiger partial charge is 0.406 e. The van der Waals surface area contributed by atoms with Gasteiger partial charge in [-0.25, -0.2) is 0 Å². The van der Waals surface area contributed by atoms with Gasteiger partial charge in [0.25, 0.3) is 0 Å². The molecule has 2 aromatic rings. The second-order valence-electron chi connectivity index (χ2n) is 3.16. The fourth-order valence-corrected chi connectivity index (χ4v) is 1.35. The van der Waals surface area contributed by atoms with Gasteiger partial charge in [0.15, 0.2) is 0 Å². The van der Waals surface area contributed by atoms with Crippen molar-refractivity contribution in [1.29, 1.82) is 0 Å². The molecule has 0 radical (unpaired) electrons. The van der Waals surface area contributed by atoms with E-state index in [1.165, 1.54) is 12.1 Å². The molecule has 2 rings (SSSR count). The molecular formula is C11H8F3NO. The van der Waals surface area contributed by atoms with Crippen LogP contribution in [0.4, 0.5) is 13.2 Å². The summed E-state index contributed by atoms with van der Waals surface area (Å²) in [4.78, 5) is 2.96. The number of rotatable bonds is 2. The van der Waals surface area contributed by atoms with E-state index in [1.54, 1.807) is 18.3 Å². The second kappa shape index (κ2) is 3.92. The molecule has 0 spiro atoms. The van der Waals surface area contributed by atoms with E-state index in [0.29, 0.717) is 0 Å². The maximum atomic E-state index is 11.9. The van der Waals surface area contributed by atoms with Crippen molar-refractivity contribution in [2.75, 3.05) is 0 Å². The molecule has 84 valence electrons. The number of hydrogen-bond donors (Lipinski definition) is 1. The molecule has 1 aromatic carbocycles. The molecule has 16 heavy (non-hydrogen) atoms. The Balaban J connectivity index is 2.17. The molecule has 0 aliphatic heterocycles. The summed E-state index contributed by atoms with van der Waals surface area (Å²) in [6.07, 6.45) is -2.90. The fourth-order valence-electron chi connectivity index (χ4n) is 1.35. The van der Waals surface area contributed by atoms with E-state index < -0.39 is 6.36 Å². The number of halogens is 3. The van der Waals surface area contributed by atoms with Crippen LogP contribution in [-0.2, 0) is 0 Å². The van der Waals surface area contributed by atoms with E-state index in [2.05, 4.69) is 9.72 Å². The molecular weight excluding hydrogens is 219 g/mol. The van der Waals surface area contributed by atoms with Gasteiger partial charge in [0.2, 0.25) is 0 Å². The average Bonchev–Trinajstić information content (AvgIpc) is 2.69. The highest BCUT2D eigenvalue weighted by Gasteiger charge is 2.30. The molecule has 0 unspecified atom stereocenters. The Hall–Kier alpha value is -1.91. The Morgan fingerprint density at radius 1 is 1.00 bits per heavy atom. The van der Waals surface area contributed by atoms with Crippen molar-refractivity contribution in [1.82, 2.24) is 4.98 Å². The third-order valence-electron chi connectivity index (χ3n) is 2.00. The van der Waals surface area contributed by atoms with Crippen molar-refractivity contribution in [2.45, 2.75) is 6.36 Å². The monoisotopic (exact) mass is 227 g/mol. The van der Waals surface area contributed by atoms with Crippen LogP contribution in [0.25, 0.3) is 11.3 Å². The predicted molar refractivity (Wildman–Crippen MR) is 52.9 cm³/mol. The molecule has 1 aromatic heterocycles. The molecule has 1 heterocycles. The van der Waals surface area contributed by atoms with Gasteiger partial charge in [-0.3, -0.25) is 0 Å². The highest BCUT2D eigenvalue weighted by Crippen LogP contribution is 2.25. The minimum atomic E-state index is -4.64. The van der Waals surface area contributed by atoms with Gasteiger partial charge in [-0.1, -0.05) is 0 Å². The Labute approximate surface area is 89.7 Å². The molecule has 0 saturated heterocycles. The van der Waals surface area contributed by atoms with E-state index in [-0.39, 0.29) is 5.75 Å². The number of aromatic amines is 1. The van der Waals surface area contributed by atoms with Crippen LogP contribution < -0.4 is 4.74 Å². The van der Waals surface area contributed by atoms with Crippen LogP contribution in [0.2, 0.25) is 0 Å². The lowest BCUT2D eigenvalue weighted by Crippen LogP contribution is -2.16. The average molecular weight is 227 g/mol. The van der Waals surface area contributed by atoms with Crippen molar-refractivity contribution < 1.29 is 17.9 Å². The minimum Gasteiger partial charge on any atom is -0.406 e. The Morgan fingerprint density at radius 2 is 1.69 bits per heavy atom. The highest BCUT2D eigenvalue weighted by atomic mass is 19.4. The molecule has 0 fully saturated rings. The summed E-state index contributed by atoms with van der Waals surface area (Å²) >= 11 is 0. The van der Waals surface area contributed by atoms with Gasteiger partial charge in [-0.05, 0) is 42.0 Å². The van der Waals surface area contributed by atoms with Gasteiger partial charge in [0.05, 0.1) is 0 Å². The summed E-state index contributed by atoms with van der Waals surface area (Å²) in [5.41, 5.74) is 1.65. The van der Waals surface area contributed by atoms with Crippen molar-refractivity contribution >= 4 is 0 Å². The predicted octanol–water partition coefficient (Wildman–Crippen LogP) is 3.58. The maximum Gasteiger partial charge on any atom is 0.573 e. The molecule has 0 atom stereocenters. The second-order valence-corrected chi connectivity index (χ2v) is 3.16. The first-order valence-electron chi connectivity index (χ1n) is 4.54. The highest BCUT2D eigenvalue weighted by molar-refractivity contribution is 5.60. The van der Waals surface area contributed by atoms with E-state index in [9.17, 15) is 13.2 Å². The topological polar surface area (TPSA) is 25.0 Å². The number of benzene rings is 1. The quantitative estimate of drug-likeness (QED) is 0.833. The zero-order chi connectivity index (χ0) is 11.6. The summed E-state index contributed by atoms with van der Waals surface area (Å²) < 4.78 is 39.4. The Kier molecular flexibility index (Phi) is 2.60. The molecule has 0 aliphatic carbocycles.